The number of rotatable bonds is 7. The van der Waals surface area contributed by atoms with Gasteiger partial charge in [0, 0.05) is 32.9 Å². The molecule has 1 N–H and O–H groups in total. The van der Waals surface area contributed by atoms with Crippen LogP contribution in [0.15, 0.2) is 36.4 Å². The minimum absolute atomic E-state index is 0.249. The van der Waals surface area contributed by atoms with E-state index in [1.807, 2.05) is 18.2 Å². The number of aromatic nitrogens is 1. The van der Waals surface area contributed by atoms with Gasteiger partial charge in [-0.1, -0.05) is 29.3 Å². The summed E-state index contributed by atoms with van der Waals surface area (Å²) in [4.78, 5) is 14.5. The number of halogens is 2. The smallest absolute Gasteiger partial charge is 0.166 e. The number of hydrogen-bond donors (Lipinski definition) is 1. The Bertz CT molecular complexity index is 969. The van der Waals surface area contributed by atoms with E-state index in [4.69, 9.17) is 33.2 Å². The molecule has 0 atom stereocenters. The van der Waals surface area contributed by atoms with Gasteiger partial charge in [0.1, 0.15) is 12.4 Å². The lowest BCUT2D eigenvalue weighted by atomic mass is 10.0. The Kier molecular flexibility index (Phi) is 5.82. The van der Waals surface area contributed by atoms with Gasteiger partial charge in [-0.2, -0.15) is 5.26 Å². The average Bonchev–Trinajstić information content (AvgIpc) is 2.99. The summed E-state index contributed by atoms with van der Waals surface area (Å²) in [5.41, 5.74) is 3.05. The number of aryl methyl sites for hydroxylation is 1. The zero-order chi connectivity index (χ0) is 18.5. The van der Waals surface area contributed by atoms with Crippen molar-refractivity contribution < 1.29 is 9.53 Å². The number of nitriles is 1. The first-order valence-corrected chi connectivity index (χ1v) is 8.92. The van der Waals surface area contributed by atoms with Crippen molar-refractivity contribution in [3.05, 3.63) is 63.3 Å². The first-order valence-electron chi connectivity index (χ1n) is 8.16. The summed E-state index contributed by atoms with van der Waals surface area (Å²) in [5.74, 6) is 0.659. The Morgan fingerprint density at radius 2 is 1.92 bits per heavy atom. The Balaban J connectivity index is 1.87. The van der Waals surface area contributed by atoms with Crippen molar-refractivity contribution in [1.82, 2.24) is 4.98 Å². The van der Waals surface area contributed by atoms with Gasteiger partial charge in [-0.05, 0) is 48.7 Å². The van der Waals surface area contributed by atoms with E-state index in [2.05, 4.69) is 11.1 Å². The van der Waals surface area contributed by atoms with Crippen molar-refractivity contribution in [2.24, 2.45) is 0 Å². The summed E-state index contributed by atoms with van der Waals surface area (Å²) in [5, 5.41) is 10.8. The predicted octanol–water partition coefficient (Wildman–Crippen LogP) is 5.71. The lowest BCUT2D eigenvalue weighted by Crippen LogP contribution is -1.97. The SMILES string of the molecule is N#CCCCc1c(C=O)[nH]c2ccc(OCc3c(Cl)cccc3Cl)cc12. The van der Waals surface area contributed by atoms with Gasteiger partial charge < -0.3 is 9.72 Å². The quantitative estimate of drug-likeness (QED) is 0.417. The summed E-state index contributed by atoms with van der Waals surface area (Å²) in [6, 6.07) is 13.1. The zero-order valence-electron chi connectivity index (χ0n) is 13.9. The van der Waals surface area contributed by atoms with Crippen molar-refractivity contribution in [3.63, 3.8) is 0 Å². The Morgan fingerprint density at radius 1 is 1.15 bits per heavy atom. The Labute approximate surface area is 161 Å². The molecule has 3 rings (SSSR count). The number of carbonyl (C=O) groups excluding carboxylic acids is 1. The molecule has 3 aromatic rings. The molecule has 6 heteroatoms. The lowest BCUT2D eigenvalue weighted by molar-refractivity contribution is 0.111. The van der Waals surface area contributed by atoms with Crippen LogP contribution in [0.3, 0.4) is 0 Å². The average molecular weight is 387 g/mol. The number of aromatic amines is 1. The summed E-state index contributed by atoms with van der Waals surface area (Å²) in [7, 11) is 0. The molecular formula is C20H16Cl2N2O2. The minimum Gasteiger partial charge on any atom is -0.489 e. The number of aldehydes is 1. The van der Waals surface area contributed by atoms with E-state index < -0.39 is 0 Å². The monoisotopic (exact) mass is 386 g/mol. The van der Waals surface area contributed by atoms with Crippen LogP contribution in [0, 0.1) is 11.3 Å². The minimum atomic E-state index is 0.249. The van der Waals surface area contributed by atoms with Crippen LogP contribution in [0.25, 0.3) is 10.9 Å². The maximum Gasteiger partial charge on any atom is 0.166 e. The van der Waals surface area contributed by atoms with Crippen LogP contribution < -0.4 is 4.74 Å². The molecule has 0 amide bonds. The molecule has 132 valence electrons. The first-order chi connectivity index (χ1) is 12.6. The number of H-pyrrole nitrogens is 1. The van der Waals surface area contributed by atoms with Crippen molar-refractivity contribution in [2.45, 2.75) is 25.9 Å². The van der Waals surface area contributed by atoms with Gasteiger partial charge in [0.25, 0.3) is 0 Å². The molecule has 1 aromatic heterocycles. The molecule has 0 saturated heterocycles. The number of hydrogen-bond acceptors (Lipinski definition) is 3. The highest BCUT2D eigenvalue weighted by molar-refractivity contribution is 6.35. The third-order valence-corrected chi connectivity index (χ3v) is 4.90. The summed E-state index contributed by atoms with van der Waals surface area (Å²) in [6.07, 6.45) is 2.62. The van der Waals surface area contributed by atoms with E-state index in [1.54, 1.807) is 18.2 Å². The zero-order valence-corrected chi connectivity index (χ0v) is 15.4. The van der Waals surface area contributed by atoms with E-state index in [1.165, 1.54) is 0 Å². The van der Waals surface area contributed by atoms with Gasteiger partial charge in [0.05, 0.1) is 11.8 Å². The van der Waals surface area contributed by atoms with Crippen molar-refractivity contribution in [2.75, 3.05) is 0 Å². The lowest BCUT2D eigenvalue weighted by Gasteiger charge is -2.10. The van der Waals surface area contributed by atoms with E-state index in [0.717, 1.165) is 28.3 Å². The largest absolute Gasteiger partial charge is 0.489 e. The predicted molar refractivity (Wildman–Crippen MR) is 103 cm³/mol. The summed E-state index contributed by atoms with van der Waals surface area (Å²) in [6.45, 7) is 0.249. The maximum absolute atomic E-state index is 11.3. The highest BCUT2D eigenvalue weighted by Gasteiger charge is 2.12. The number of benzene rings is 2. The van der Waals surface area contributed by atoms with Gasteiger partial charge in [-0.25, -0.2) is 0 Å². The van der Waals surface area contributed by atoms with E-state index >= 15 is 0 Å². The maximum atomic E-state index is 11.3. The fourth-order valence-electron chi connectivity index (χ4n) is 2.88. The topological polar surface area (TPSA) is 65.9 Å². The molecule has 1 heterocycles. The van der Waals surface area contributed by atoms with Crippen LogP contribution >= 0.6 is 23.2 Å². The fraction of sp³-hybridized carbons (Fsp3) is 0.200. The molecule has 26 heavy (non-hydrogen) atoms. The fourth-order valence-corrected chi connectivity index (χ4v) is 3.38. The van der Waals surface area contributed by atoms with Crippen molar-refractivity contribution in [1.29, 1.82) is 5.26 Å². The molecule has 4 nitrogen and oxygen atoms in total. The molecule has 0 radical (unpaired) electrons. The second-order valence-electron chi connectivity index (χ2n) is 5.84. The number of ether oxygens (including phenoxy) is 1. The highest BCUT2D eigenvalue weighted by Crippen LogP contribution is 2.29. The molecule has 0 aliphatic rings. The summed E-state index contributed by atoms with van der Waals surface area (Å²) >= 11 is 12.3. The van der Waals surface area contributed by atoms with Crippen molar-refractivity contribution in [3.8, 4) is 11.8 Å². The Morgan fingerprint density at radius 3 is 2.62 bits per heavy atom. The highest BCUT2D eigenvalue weighted by atomic mass is 35.5. The van der Waals surface area contributed by atoms with Crippen LogP contribution in [-0.2, 0) is 13.0 Å². The molecule has 0 aliphatic heterocycles. The van der Waals surface area contributed by atoms with Gasteiger partial charge in [0.15, 0.2) is 6.29 Å². The standard InChI is InChI=1S/C20H16Cl2N2O2/c21-17-5-3-6-18(22)16(17)12-26-13-7-8-19-15(10-13)14(4-1-2-9-23)20(11-25)24-19/h3,5-8,10-11,24H,1-2,4,12H2. The number of fused-ring (bicyclic) bond motifs is 1. The normalized spacial score (nSPS) is 10.7. The molecule has 0 aliphatic carbocycles. The van der Waals surface area contributed by atoms with Crippen molar-refractivity contribution >= 4 is 40.4 Å². The first kappa shape index (κ1) is 18.3. The molecule has 0 fully saturated rings. The van der Waals surface area contributed by atoms with Crippen LogP contribution in [-0.4, -0.2) is 11.3 Å². The molecule has 0 saturated carbocycles. The molecule has 0 spiro atoms. The van der Waals surface area contributed by atoms with E-state index in [9.17, 15) is 4.79 Å². The van der Waals surface area contributed by atoms with Gasteiger partial charge in [0.2, 0.25) is 0 Å². The molecule has 0 unspecified atom stereocenters. The van der Waals surface area contributed by atoms with Crippen LogP contribution in [0.2, 0.25) is 10.0 Å². The molecular weight excluding hydrogens is 371 g/mol. The number of nitrogens with zero attached hydrogens (tertiary/aromatic N) is 1. The second kappa shape index (κ2) is 8.27. The van der Waals surface area contributed by atoms with E-state index in [0.29, 0.717) is 40.8 Å². The second-order valence-corrected chi connectivity index (χ2v) is 6.66. The van der Waals surface area contributed by atoms with Gasteiger partial charge >= 0.3 is 0 Å². The van der Waals surface area contributed by atoms with Gasteiger partial charge in [-0.15, -0.1) is 0 Å². The number of carbonyl (C=O) groups is 1. The third-order valence-electron chi connectivity index (χ3n) is 4.19. The van der Waals surface area contributed by atoms with E-state index in [-0.39, 0.29) is 6.61 Å². The molecule has 0 bridgehead atoms. The van der Waals surface area contributed by atoms with Crippen LogP contribution in [0.5, 0.6) is 5.75 Å². The third kappa shape index (κ3) is 3.85. The number of nitrogens with one attached hydrogen (secondary N) is 1. The Hall–Kier alpha value is -2.48. The van der Waals surface area contributed by atoms with Gasteiger partial charge in [-0.3, -0.25) is 4.79 Å². The van der Waals surface area contributed by atoms with Crippen LogP contribution in [0.1, 0.15) is 34.5 Å². The molecule has 2 aromatic carbocycles. The van der Waals surface area contributed by atoms with Crippen LogP contribution in [0.4, 0.5) is 0 Å². The number of unbranched alkanes of at least 4 members (excludes halogenated alkanes) is 1. The summed E-state index contributed by atoms with van der Waals surface area (Å²) < 4.78 is 5.86.